The third kappa shape index (κ3) is 2.25. The summed E-state index contributed by atoms with van der Waals surface area (Å²) in [5.74, 6) is 0.274. The molecule has 100 valence electrons. The van der Waals surface area contributed by atoms with Crippen molar-refractivity contribution in [1.29, 1.82) is 0 Å². The third-order valence-electron chi connectivity index (χ3n) is 4.10. The number of rotatable bonds is 3. The van der Waals surface area contributed by atoms with Crippen molar-refractivity contribution < 1.29 is 9.90 Å². The van der Waals surface area contributed by atoms with E-state index in [0.717, 1.165) is 19.3 Å². The quantitative estimate of drug-likeness (QED) is 0.848. The van der Waals surface area contributed by atoms with E-state index < -0.39 is 5.97 Å². The van der Waals surface area contributed by atoms with Crippen LogP contribution in [0.2, 0.25) is 0 Å². The molecule has 6 heteroatoms. The number of carboxylic acid groups (broad SMARTS) is 1. The molecular weight excluding hydrogens is 232 g/mol. The first-order chi connectivity index (χ1) is 8.54. The molecule has 1 aliphatic carbocycles. The Hall–Kier alpha value is -1.43. The number of aromatic nitrogens is 3. The van der Waals surface area contributed by atoms with Gasteiger partial charge in [0.05, 0.1) is 11.7 Å². The van der Waals surface area contributed by atoms with E-state index in [9.17, 15) is 4.79 Å². The molecule has 0 bridgehead atoms. The summed E-state index contributed by atoms with van der Waals surface area (Å²) in [7, 11) is 0. The molecule has 0 aromatic carbocycles. The van der Waals surface area contributed by atoms with Crippen LogP contribution in [0, 0.1) is 11.8 Å². The molecule has 6 nitrogen and oxygen atoms in total. The highest BCUT2D eigenvalue weighted by Gasteiger charge is 2.29. The van der Waals surface area contributed by atoms with Crippen LogP contribution in [0.3, 0.4) is 0 Å². The van der Waals surface area contributed by atoms with Crippen LogP contribution >= 0.6 is 0 Å². The number of aromatic carboxylic acids is 1. The Labute approximate surface area is 106 Å². The van der Waals surface area contributed by atoms with Crippen molar-refractivity contribution in [3.05, 3.63) is 11.4 Å². The molecule has 1 aliphatic rings. The first-order valence-corrected chi connectivity index (χ1v) is 6.42. The van der Waals surface area contributed by atoms with E-state index in [1.807, 2.05) is 0 Å². The first kappa shape index (κ1) is 13.0. The molecule has 1 saturated carbocycles. The molecule has 0 spiro atoms. The van der Waals surface area contributed by atoms with Gasteiger partial charge in [-0.15, -0.1) is 5.10 Å². The fraction of sp³-hybridized carbons (Fsp3) is 0.750. The Morgan fingerprint density at radius 3 is 2.72 bits per heavy atom. The molecule has 18 heavy (non-hydrogen) atoms. The van der Waals surface area contributed by atoms with Gasteiger partial charge in [-0.3, -0.25) is 0 Å². The number of nitrogens with two attached hydrogens (primary N) is 1. The molecule has 3 N–H and O–H groups in total. The Kier molecular flexibility index (Phi) is 3.65. The van der Waals surface area contributed by atoms with Crippen molar-refractivity contribution in [3.8, 4) is 0 Å². The maximum Gasteiger partial charge on any atom is 0.358 e. The standard InChI is InChI=1S/C12H20N4O2/c1-7-3-4-9(5-8(7)2)16-10(6-13)11(12(17)18)14-15-16/h7-9H,3-6,13H2,1-2H3,(H,17,18). The van der Waals surface area contributed by atoms with Crippen LogP contribution in [-0.4, -0.2) is 26.1 Å². The largest absolute Gasteiger partial charge is 0.476 e. The van der Waals surface area contributed by atoms with E-state index in [0.29, 0.717) is 17.5 Å². The van der Waals surface area contributed by atoms with Crippen LogP contribution in [0.4, 0.5) is 0 Å². The molecule has 0 amide bonds. The number of carboxylic acids is 1. The van der Waals surface area contributed by atoms with Crippen molar-refractivity contribution in [1.82, 2.24) is 15.0 Å². The van der Waals surface area contributed by atoms with Gasteiger partial charge in [-0.2, -0.15) is 0 Å². The summed E-state index contributed by atoms with van der Waals surface area (Å²) in [5, 5.41) is 16.8. The highest BCUT2D eigenvalue weighted by molar-refractivity contribution is 5.86. The van der Waals surface area contributed by atoms with Gasteiger partial charge in [0, 0.05) is 6.54 Å². The van der Waals surface area contributed by atoms with Crippen molar-refractivity contribution in [3.63, 3.8) is 0 Å². The van der Waals surface area contributed by atoms with Gasteiger partial charge >= 0.3 is 5.97 Å². The number of hydrogen-bond donors (Lipinski definition) is 2. The Morgan fingerprint density at radius 1 is 1.44 bits per heavy atom. The van der Waals surface area contributed by atoms with Crippen LogP contribution in [0.15, 0.2) is 0 Å². The zero-order valence-electron chi connectivity index (χ0n) is 10.8. The van der Waals surface area contributed by atoms with E-state index in [1.54, 1.807) is 4.68 Å². The molecule has 1 aromatic rings. The van der Waals surface area contributed by atoms with Crippen molar-refractivity contribution in [2.24, 2.45) is 17.6 Å². The van der Waals surface area contributed by atoms with E-state index in [2.05, 4.69) is 24.2 Å². The van der Waals surface area contributed by atoms with Gasteiger partial charge in [0.15, 0.2) is 5.69 Å². The minimum absolute atomic E-state index is 0.0104. The van der Waals surface area contributed by atoms with Crippen molar-refractivity contribution >= 4 is 5.97 Å². The Morgan fingerprint density at radius 2 is 2.17 bits per heavy atom. The summed E-state index contributed by atoms with van der Waals surface area (Å²) in [6.45, 7) is 4.65. The minimum Gasteiger partial charge on any atom is -0.476 e. The lowest BCUT2D eigenvalue weighted by Gasteiger charge is -2.32. The number of hydrogen-bond acceptors (Lipinski definition) is 4. The SMILES string of the molecule is CC1CCC(n2nnc(C(=O)O)c2CN)CC1C. The Bertz CT molecular complexity index is 443. The molecule has 2 rings (SSSR count). The van der Waals surface area contributed by atoms with E-state index in [4.69, 9.17) is 10.8 Å². The van der Waals surface area contributed by atoms with Crippen LogP contribution in [0.1, 0.15) is 55.3 Å². The average molecular weight is 252 g/mol. The van der Waals surface area contributed by atoms with Crippen LogP contribution in [0.25, 0.3) is 0 Å². The lowest BCUT2D eigenvalue weighted by atomic mass is 9.79. The van der Waals surface area contributed by atoms with Crippen LogP contribution in [0.5, 0.6) is 0 Å². The summed E-state index contributed by atoms with van der Waals surface area (Å²) < 4.78 is 1.73. The second kappa shape index (κ2) is 5.06. The Balaban J connectivity index is 2.26. The zero-order valence-corrected chi connectivity index (χ0v) is 10.8. The summed E-state index contributed by atoms with van der Waals surface area (Å²) in [6.07, 6.45) is 3.16. The van der Waals surface area contributed by atoms with Crippen molar-refractivity contribution in [2.75, 3.05) is 0 Å². The fourth-order valence-electron chi connectivity index (χ4n) is 2.70. The van der Waals surface area contributed by atoms with Gasteiger partial charge < -0.3 is 10.8 Å². The molecule has 3 unspecified atom stereocenters. The van der Waals surface area contributed by atoms with E-state index in [1.165, 1.54) is 0 Å². The topological polar surface area (TPSA) is 94.0 Å². The van der Waals surface area contributed by atoms with Crippen LogP contribution in [-0.2, 0) is 6.54 Å². The highest BCUT2D eigenvalue weighted by atomic mass is 16.4. The maximum absolute atomic E-state index is 11.0. The maximum atomic E-state index is 11.0. The molecule has 1 aromatic heterocycles. The summed E-state index contributed by atoms with van der Waals surface area (Å²) in [4.78, 5) is 11.0. The van der Waals surface area contributed by atoms with E-state index >= 15 is 0 Å². The molecule has 0 aliphatic heterocycles. The van der Waals surface area contributed by atoms with Gasteiger partial charge in [-0.1, -0.05) is 19.1 Å². The monoisotopic (exact) mass is 252 g/mol. The predicted molar refractivity (Wildman–Crippen MR) is 66.1 cm³/mol. The molecule has 3 atom stereocenters. The fourth-order valence-corrected chi connectivity index (χ4v) is 2.70. The lowest BCUT2D eigenvalue weighted by molar-refractivity contribution is 0.0689. The van der Waals surface area contributed by atoms with Crippen molar-refractivity contribution in [2.45, 2.75) is 45.7 Å². The average Bonchev–Trinajstić information content (AvgIpc) is 2.76. The molecule has 1 fully saturated rings. The summed E-state index contributed by atoms with van der Waals surface area (Å²) in [5.41, 5.74) is 6.16. The van der Waals surface area contributed by atoms with Gasteiger partial charge in [0.1, 0.15) is 0 Å². The lowest BCUT2D eigenvalue weighted by Crippen LogP contribution is -2.26. The zero-order chi connectivity index (χ0) is 13.3. The molecule has 0 saturated heterocycles. The summed E-state index contributed by atoms with van der Waals surface area (Å²) in [6, 6.07) is 0.232. The molecule has 1 heterocycles. The first-order valence-electron chi connectivity index (χ1n) is 6.42. The smallest absolute Gasteiger partial charge is 0.358 e. The number of nitrogens with zero attached hydrogens (tertiary/aromatic N) is 3. The normalized spacial score (nSPS) is 28.3. The number of carbonyl (C=O) groups is 1. The van der Waals surface area contributed by atoms with Gasteiger partial charge in [-0.05, 0) is 31.1 Å². The van der Waals surface area contributed by atoms with Gasteiger partial charge in [0.2, 0.25) is 0 Å². The second-order valence-electron chi connectivity index (χ2n) is 5.26. The predicted octanol–water partition coefficient (Wildman–Crippen LogP) is 1.43. The van der Waals surface area contributed by atoms with E-state index in [-0.39, 0.29) is 18.3 Å². The minimum atomic E-state index is -1.06. The second-order valence-corrected chi connectivity index (χ2v) is 5.26. The molecular formula is C12H20N4O2. The molecule has 0 radical (unpaired) electrons. The van der Waals surface area contributed by atoms with Crippen LogP contribution < -0.4 is 5.73 Å². The highest BCUT2D eigenvalue weighted by Crippen LogP contribution is 2.36. The summed E-state index contributed by atoms with van der Waals surface area (Å²) >= 11 is 0. The third-order valence-corrected chi connectivity index (χ3v) is 4.10. The van der Waals surface area contributed by atoms with Gasteiger partial charge in [-0.25, -0.2) is 9.48 Å². The van der Waals surface area contributed by atoms with Gasteiger partial charge in [0.25, 0.3) is 0 Å².